The van der Waals surface area contributed by atoms with Gasteiger partial charge in [-0.1, -0.05) is 48.5 Å². The largest absolute Gasteiger partial charge is 0.489 e. The number of hydrogen-bond acceptors (Lipinski definition) is 5. The predicted octanol–water partition coefficient (Wildman–Crippen LogP) is 3.02. The average Bonchev–Trinajstić information content (AvgIpc) is 2.78. The molecule has 0 bridgehead atoms. The Balaban J connectivity index is 1.66. The van der Waals surface area contributed by atoms with Gasteiger partial charge in [-0.2, -0.15) is 0 Å². The van der Waals surface area contributed by atoms with Crippen molar-refractivity contribution in [1.29, 1.82) is 0 Å². The quantitative estimate of drug-likeness (QED) is 0.399. The lowest BCUT2D eigenvalue weighted by Gasteiger charge is -2.16. The molecule has 1 atom stereocenters. The Morgan fingerprint density at radius 1 is 0.875 bits per heavy atom. The van der Waals surface area contributed by atoms with Crippen molar-refractivity contribution in [3.63, 3.8) is 0 Å². The van der Waals surface area contributed by atoms with Crippen molar-refractivity contribution in [2.45, 2.75) is 26.0 Å². The van der Waals surface area contributed by atoms with Gasteiger partial charge in [0, 0.05) is 18.9 Å². The van der Waals surface area contributed by atoms with Crippen LogP contribution in [0.5, 0.6) is 11.5 Å². The van der Waals surface area contributed by atoms with Gasteiger partial charge in [0.15, 0.2) is 0 Å². The van der Waals surface area contributed by atoms with Crippen LogP contribution >= 0.6 is 0 Å². The first-order valence-corrected chi connectivity index (χ1v) is 10.0. The van der Waals surface area contributed by atoms with E-state index < -0.39 is 23.8 Å². The van der Waals surface area contributed by atoms with E-state index in [0.717, 1.165) is 11.1 Å². The van der Waals surface area contributed by atoms with Crippen molar-refractivity contribution >= 4 is 17.8 Å². The van der Waals surface area contributed by atoms with Crippen molar-refractivity contribution < 1.29 is 23.9 Å². The number of hydrogen-bond donors (Lipinski definition) is 2. The van der Waals surface area contributed by atoms with Crippen LogP contribution in [0.15, 0.2) is 78.9 Å². The van der Waals surface area contributed by atoms with Crippen LogP contribution in [0.3, 0.4) is 0 Å². The van der Waals surface area contributed by atoms with Crippen LogP contribution < -0.4 is 20.5 Å². The highest BCUT2D eigenvalue weighted by Crippen LogP contribution is 2.17. The fourth-order valence-electron chi connectivity index (χ4n) is 3.07. The average molecular weight is 432 g/mol. The molecule has 164 valence electrons. The third-order valence-corrected chi connectivity index (χ3v) is 4.59. The summed E-state index contributed by atoms with van der Waals surface area (Å²) in [6.45, 7) is 1.69. The highest BCUT2D eigenvalue weighted by atomic mass is 16.5. The number of benzene rings is 3. The summed E-state index contributed by atoms with van der Waals surface area (Å²) in [6, 6.07) is 22.2. The molecule has 7 nitrogen and oxygen atoms in total. The Bertz CT molecular complexity index is 1100. The molecule has 32 heavy (non-hydrogen) atoms. The second-order valence-corrected chi connectivity index (χ2v) is 7.18. The number of esters is 1. The molecule has 0 saturated carbocycles. The molecule has 0 aliphatic heterocycles. The molecule has 0 unspecified atom stereocenters. The van der Waals surface area contributed by atoms with Crippen LogP contribution in [0.4, 0.5) is 0 Å². The topological polar surface area (TPSA) is 108 Å². The van der Waals surface area contributed by atoms with E-state index in [1.165, 1.54) is 13.0 Å². The highest BCUT2D eigenvalue weighted by Gasteiger charge is 2.20. The second-order valence-electron chi connectivity index (χ2n) is 7.18. The Kier molecular flexibility index (Phi) is 7.59. The molecule has 0 heterocycles. The van der Waals surface area contributed by atoms with Crippen molar-refractivity contribution in [3.05, 3.63) is 95.6 Å². The fourth-order valence-corrected chi connectivity index (χ4v) is 3.07. The lowest BCUT2D eigenvalue weighted by Crippen LogP contribution is -2.45. The minimum Gasteiger partial charge on any atom is -0.489 e. The van der Waals surface area contributed by atoms with Crippen molar-refractivity contribution in [2.75, 3.05) is 0 Å². The first kappa shape index (κ1) is 22.6. The SMILES string of the molecule is CC(=O)Oc1cccc(C(=O)N[C@H](Cc2cccc(OCc3ccccc3)c2)C(N)=O)c1. The summed E-state index contributed by atoms with van der Waals surface area (Å²) in [6.07, 6.45) is 0.202. The monoisotopic (exact) mass is 432 g/mol. The maximum atomic E-state index is 12.6. The van der Waals surface area contributed by atoms with Gasteiger partial charge in [0.2, 0.25) is 5.91 Å². The Morgan fingerprint density at radius 2 is 1.56 bits per heavy atom. The van der Waals surface area contributed by atoms with Crippen molar-refractivity contribution in [1.82, 2.24) is 5.32 Å². The second kappa shape index (κ2) is 10.8. The molecule has 7 heteroatoms. The van der Waals surface area contributed by atoms with Crippen LogP contribution in [0.2, 0.25) is 0 Å². The van der Waals surface area contributed by atoms with Gasteiger partial charge in [0.1, 0.15) is 24.1 Å². The van der Waals surface area contributed by atoms with Gasteiger partial charge >= 0.3 is 5.97 Å². The third kappa shape index (κ3) is 6.70. The summed E-state index contributed by atoms with van der Waals surface area (Å²) < 4.78 is 10.8. The zero-order valence-corrected chi connectivity index (χ0v) is 17.6. The summed E-state index contributed by atoms with van der Waals surface area (Å²) in [4.78, 5) is 35.7. The van der Waals surface area contributed by atoms with Crippen LogP contribution in [0.1, 0.15) is 28.4 Å². The van der Waals surface area contributed by atoms with E-state index in [1.54, 1.807) is 18.2 Å². The van der Waals surface area contributed by atoms with Crippen LogP contribution in [-0.2, 0) is 22.6 Å². The van der Waals surface area contributed by atoms with Gasteiger partial charge in [-0.15, -0.1) is 0 Å². The molecule has 2 amide bonds. The number of nitrogens with two attached hydrogens (primary N) is 1. The van der Waals surface area contributed by atoms with Crippen LogP contribution in [-0.4, -0.2) is 23.8 Å². The molecule has 3 rings (SSSR count). The maximum absolute atomic E-state index is 12.6. The molecule has 0 fully saturated rings. The van der Waals surface area contributed by atoms with E-state index in [9.17, 15) is 14.4 Å². The van der Waals surface area contributed by atoms with Gasteiger partial charge in [0.25, 0.3) is 5.91 Å². The number of nitrogens with one attached hydrogen (secondary N) is 1. The summed E-state index contributed by atoms with van der Waals surface area (Å²) in [5, 5.41) is 2.64. The Hall–Kier alpha value is -4.13. The lowest BCUT2D eigenvalue weighted by atomic mass is 10.0. The molecule has 0 aliphatic rings. The molecule has 3 N–H and O–H groups in total. The number of primary amides is 1. The third-order valence-electron chi connectivity index (χ3n) is 4.59. The summed E-state index contributed by atoms with van der Waals surface area (Å²) in [5.41, 5.74) is 7.59. The zero-order chi connectivity index (χ0) is 22.9. The zero-order valence-electron chi connectivity index (χ0n) is 17.6. The minimum atomic E-state index is -0.927. The first-order chi connectivity index (χ1) is 15.4. The number of ether oxygens (including phenoxy) is 2. The Labute approximate surface area is 186 Å². The molecule has 0 saturated heterocycles. The van der Waals surface area contributed by atoms with Gasteiger partial charge < -0.3 is 20.5 Å². The summed E-state index contributed by atoms with van der Waals surface area (Å²) in [7, 11) is 0. The van der Waals surface area contributed by atoms with E-state index in [0.29, 0.717) is 12.4 Å². The van der Waals surface area contributed by atoms with Gasteiger partial charge in [-0.3, -0.25) is 14.4 Å². The molecule has 0 radical (unpaired) electrons. The van der Waals surface area contributed by atoms with Crippen molar-refractivity contribution in [3.8, 4) is 11.5 Å². The number of carbonyl (C=O) groups excluding carboxylic acids is 3. The van der Waals surface area contributed by atoms with E-state index in [4.69, 9.17) is 15.2 Å². The van der Waals surface area contributed by atoms with Crippen LogP contribution in [0.25, 0.3) is 0 Å². The molecule has 3 aromatic carbocycles. The minimum absolute atomic E-state index is 0.202. The summed E-state index contributed by atoms with van der Waals surface area (Å²) in [5.74, 6) is -0.768. The fraction of sp³-hybridized carbons (Fsp3) is 0.160. The molecule has 0 aromatic heterocycles. The molecule has 0 aliphatic carbocycles. The standard InChI is InChI=1S/C25H24N2O5/c1-17(28)32-22-12-6-10-20(15-22)25(30)27-23(24(26)29)14-19-9-5-11-21(13-19)31-16-18-7-3-2-4-8-18/h2-13,15,23H,14,16H2,1H3,(H2,26,29)(H,27,30)/t23-/m1/s1. The van der Waals surface area contributed by atoms with Crippen molar-refractivity contribution in [2.24, 2.45) is 5.73 Å². The molecular formula is C25H24N2O5. The number of amides is 2. The van der Waals surface area contributed by atoms with E-state index >= 15 is 0 Å². The number of rotatable bonds is 9. The predicted molar refractivity (Wildman–Crippen MR) is 119 cm³/mol. The normalized spacial score (nSPS) is 11.3. The van der Waals surface area contributed by atoms with E-state index in [-0.39, 0.29) is 17.7 Å². The number of carbonyl (C=O) groups is 3. The van der Waals surface area contributed by atoms with E-state index in [2.05, 4.69) is 5.32 Å². The summed E-state index contributed by atoms with van der Waals surface area (Å²) >= 11 is 0. The smallest absolute Gasteiger partial charge is 0.308 e. The van der Waals surface area contributed by atoms with E-state index in [1.807, 2.05) is 54.6 Å². The maximum Gasteiger partial charge on any atom is 0.308 e. The molecular weight excluding hydrogens is 408 g/mol. The first-order valence-electron chi connectivity index (χ1n) is 10.0. The highest BCUT2D eigenvalue weighted by molar-refractivity contribution is 5.97. The van der Waals surface area contributed by atoms with Crippen LogP contribution in [0, 0.1) is 0 Å². The molecule has 3 aromatic rings. The van der Waals surface area contributed by atoms with Gasteiger partial charge in [-0.25, -0.2) is 0 Å². The Morgan fingerprint density at radius 3 is 2.28 bits per heavy atom. The van der Waals surface area contributed by atoms with Gasteiger partial charge in [0.05, 0.1) is 0 Å². The van der Waals surface area contributed by atoms with Gasteiger partial charge in [-0.05, 0) is 41.5 Å². The lowest BCUT2D eigenvalue weighted by molar-refractivity contribution is -0.131. The molecule has 0 spiro atoms.